The van der Waals surface area contributed by atoms with Gasteiger partial charge in [0.1, 0.15) is 0 Å². The van der Waals surface area contributed by atoms with Gasteiger partial charge < -0.3 is 5.32 Å². The van der Waals surface area contributed by atoms with Gasteiger partial charge >= 0.3 is 0 Å². The summed E-state index contributed by atoms with van der Waals surface area (Å²) in [5.41, 5.74) is 0.533. The Morgan fingerprint density at radius 3 is 2.79 bits per heavy atom. The summed E-state index contributed by atoms with van der Waals surface area (Å²) in [5, 5.41) is 3.53. The second-order valence-corrected chi connectivity index (χ2v) is 7.50. The first kappa shape index (κ1) is 15.2. The lowest BCUT2D eigenvalue weighted by Gasteiger charge is -2.27. The molecule has 0 aromatic heterocycles. The largest absolute Gasteiger partial charge is 0.351 e. The minimum atomic E-state index is -0.0911. The summed E-state index contributed by atoms with van der Waals surface area (Å²) >= 11 is 11.3. The molecule has 1 fully saturated rings. The van der Waals surface area contributed by atoms with Crippen LogP contribution in [0.4, 0.5) is 0 Å². The van der Waals surface area contributed by atoms with Gasteiger partial charge in [-0.3, -0.25) is 4.79 Å². The molecule has 1 aliphatic rings. The number of amides is 1. The maximum Gasteiger partial charge on any atom is 0.252 e. The molecular formula is C14H17BrClNOS. The standard InChI is InChI=1S/C14H17BrClNOS/c1-19-14(6-2-3-7-14)9-17-13(18)11-8-10(15)4-5-12(11)16/h4-5,8H,2-3,6-7,9H2,1H3,(H,17,18). The smallest absolute Gasteiger partial charge is 0.252 e. The fourth-order valence-corrected chi connectivity index (χ4v) is 3.96. The molecule has 1 amide bonds. The van der Waals surface area contributed by atoms with Crippen LogP contribution in [0.5, 0.6) is 0 Å². The van der Waals surface area contributed by atoms with Crippen molar-refractivity contribution in [2.45, 2.75) is 30.4 Å². The fraction of sp³-hybridized carbons (Fsp3) is 0.500. The van der Waals surface area contributed by atoms with E-state index in [0.717, 1.165) is 11.0 Å². The van der Waals surface area contributed by atoms with E-state index in [0.29, 0.717) is 10.6 Å². The Bertz CT molecular complexity index is 475. The second-order valence-electron chi connectivity index (χ2n) is 4.90. The Hall–Kier alpha value is -0.190. The fourth-order valence-electron chi connectivity index (χ4n) is 2.48. The molecule has 1 aromatic carbocycles. The zero-order chi connectivity index (χ0) is 13.9. The summed E-state index contributed by atoms with van der Waals surface area (Å²) in [6, 6.07) is 5.33. The van der Waals surface area contributed by atoms with Gasteiger partial charge in [-0.05, 0) is 37.3 Å². The maximum atomic E-state index is 12.2. The highest BCUT2D eigenvalue weighted by molar-refractivity contribution is 9.10. The summed E-state index contributed by atoms with van der Waals surface area (Å²) in [5.74, 6) is -0.0911. The Kier molecular flexibility index (Phi) is 5.21. The summed E-state index contributed by atoms with van der Waals surface area (Å²) in [7, 11) is 0. The van der Waals surface area contributed by atoms with E-state index in [-0.39, 0.29) is 10.7 Å². The molecule has 104 valence electrons. The van der Waals surface area contributed by atoms with Gasteiger partial charge in [0.05, 0.1) is 10.6 Å². The Balaban J connectivity index is 2.03. The first-order valence-corrected chi connectivity index (χ1v) is 8.74. The number of carbonyl (C=O) groups is 1. The Labute approximate surface area is 131 Å². The number of hydrogen-bond donors (Lipinski definition) is 1. The lowest BCUT2D eigenvalue weighted by atomic mass is 10.1. The molecule has 0 aliphatic heterocycles. The summed E-state index contributed by atoms with van der Waals surface area (Å²) < 4.78 is 1.08. The topological polar surface area (TPSA) is 29.1 Å². The molecule has 1 aromatic rings. The summed E-state index contributed by atoms with van der Waals surface area (Å²) in [6.45, 7) is 0.718. The quantitative estimate of drug-likeness (QED) is 0.854. The van der Waals surface area contributed by atoms with E-state index < -0.39 is 0 Å². The predicted octanol–water partition coefficient (Wildman–Crippen LogP) is 4.51. The molecule has 0 spiro atoms. The normalized spacial score (nSPS) is 17.4. The molecule has 1 saturated carbocycles. The van der Waals surface area contributed by atoms with Crippen molar-refractivity contribution in [1.29, 1.82) is 0 Å². The average molecular weight is 363 g/mol. The lowest BCUT2D eigenvalue weighted by molar-refractivity contribution is 0.0949. The van der Waals surface area contributed by atoms with Crippen molar-refractivity contribution in [3.05, 3.63) is 33.3 Å². The third kappa shape index (κ3) is 3.67. The zero-order valence-corrected chi connectivity index (χ0v) is 14.0. The molecule has 2 nitrogen and oxygen atoms in total. The number of hydrogen-bond acceptors (Lipinski definition) is 2. The van der Waals surface area contributed by atoms with Crippen LogP contribution in [-0.2, 0) is 0 Å². The van der Waals surface area contributed by atoms with Gasteiger partial charge in [0.2, 0.25) is 0 Å². The van der Waals surface area contributed by atoms with Crippen molar-refractivity contribution in [2.75, 3.05) is 12.8 Å². The highest BCUT2D eigenvalue weighted by atomic mass is 79.9. The van der Waals surface area contributed by atoms with E-state index in [1.54, 1.807) is 12.1 Å². The van der Waals surface area contributed by atoms with Gasteiger partial charge in [-0.1, -0.05) is 40.4 Å². The molecule has 5 heteroatoms. The predicted molar refractivity (Wildman–Crippen MR) is 86.2 cm³/mol. The van der Waals surface area contributed by atoms with Gasteiger partial charge in [-0.2, -0.15) is 11.8 Å². The van der Waals surface area contributed by atoms with Crippen LogP contribution in [-0.4, -0.2) is 23.5 Å². The van der Waals surface area contributed by atoms with Gasteiger partial charge in [0, 0.05) is 15.8 Å². The van der Waals surface area contributed by atoms with Crippen LogP contribution in [0, 0.1) is 0 Å². The van der Waals surface area contributed by atoms with Crippen LogP contribution < -0.4 is 5.32 Å². The zero-order valence-electron chi connectivity index (χ0n) is 10.8. The van der Waals surface area contributed by atoms with Crippen LogP contribution in [0.3, 0.4) is 0 Å². The average Bonchev–Trinajstić information content (AvgIpc) is 2.88. The van der Waals surface area contributed by atoms with Crippen molar-refractivity contribution in [3.63, 3.8) is 0 Å². The lowest BCUT2D eigenvalue weighted by Crippen LogP contribution is -2.38. The van der Waals surface area contributed by atoms with Gasteiger partial charge in [-0.25, -0.2) is 0 Å². The van der Waals surface area contributed by atoms with Crippen molar-refractivity contribution in [2.24, 2.45) is 0 Å². The van der Waals surface area contributed by atoms with Crippen molar-refractivity contribution < 1.29 is 4.79 Å². The number of nitrogens with one attached hydrogen (secondary N) is 1. The van der Waals surface area contributed by atoms with Crippen molar-refractivity contribution in [3.8, 4) is 0 Å². The van der Waals surface area contributed by atoms with Gasteiger partial charge in [0.15, 0.2) is 0 Å². The van der Waals surface area contributed by atoms with E-state index >= 15 is 0 Å². The molecule has 1 N–H and O–H groups in total. The highest BCUT2D eigenvalue weighted by Crippen LogP contribution is 2.39. The van der Waals surface area contributed by atoms with Crippen LogP contribution in [0.2, 0.25) is 5.02 Å². The third-order valence-corrected chi connectivity index (χ3v) is 5.93. The molecule has 0 saturated heterocycles. The number of thioether (sulfide) groups is 1. The van der Waals surface area contributed by atoms with E-state index in [2.05, 4.69) is 27.5 Å². The van der Waals surface area contributed by atoms with Crippen LogP contribution >= 0.6 is 39.3 Å². The summed E-state index contributed by atoms with van der Waals surface area (Å²) in [4.78, 5) is 12.2. The minimum Gasteiger partial charge on any atom is -0.351 e. The molecule has 0 atom stereocenters. The van der Waals surface area contributed by atoms with Crippen molar-refractivity contribution in [1.82, 2.24) is 5.32 Å². The third-order valence-electron chi connectivity index (χ3n) is 3.69. The minimum absolute atomic E-state index is 0.0911. The molecular weight excluding hydrogens is 346 g/mol. The van der Waals surface area contributed by atoms with Crippen molar-refractivity contribution >= 4 is 45.2 Å². The molecule has 1 aliphatic carbocycles. The number of carbonyl (C=O) groups excluding carboxylic acids is 1. The van der Waals surface area contributed by atoms with Crippen LogP contribution in [0.15, 0.2) is 22.7 Å². The number of benzene rings is 1. The van der Waals surface area contributed by atoms with Crippen LogP contribution in [0.25, 0.3) is 0 Å². The van der Waals surface area contributed by atoms with E-state index in [4.69, 9.17) is 11.6 Å². The molecule has 19 heavy (non-hydrogen) atoms. The first-order chi connectivity index (χ1) is 9.06. The molecule has 0 radical (unpaired) electrons. The second kappa shape index (κ2) is 6.51. The molecule has 0 bridgehead atoms. The Morgan fingerprint density at radius 1 is 1.47 bits per heavy atom. The summed E-state index contributed by atoms with van der Waals surface area (Å²) in [6.07, 6.45) is 7.01. The molecule has 0 unspecified atom stereocenters. The van der Waals surface area contributed by atoms with E-state index in [1.807, 2.05) is 17.8 Å². The van der Waals surface area contributed by atoms with E-state index in [9.17, 15) is 4.79 Å². The van der Waals surface area contributed by atoms with Gasteiger partial charge in [-0.15, -0.1) is 0 Å². The Morgan fingerprint density at radius 2 is 2.16 bits per heavy atom. The maximum absolute atomic E-state index is 12.2. The van der Waals surface area contributed by atoms with Crippen LogP contribution in [0.1, 0.15) is 36.0 Å². The SMILES string of the molecule is CSC1(CNC(=O)c2cc(Br)ccc2Cl)CCCC1. The van der Waals surface area contributed by atoms with Gasteiger partial charge in [0.25, 0.3) is 5.91 Å². The highest BCUT2D eigenvalue weighted by Gasteiger charge is 2.33. The number of halogens is 2. The number of rotatable bonds is 4. The molecule has 0 heterocycles. The van der Waals surface area contributed by atoms with E-state index in [1.165, 1.54) is 25.7 Å². The molecule has 2 rings (SSSR count). The first-order valence-electron chi connectivity index (χ1n) is 6.35. The monoisotopic (exact) mass is 361 g/mol.